The molecular weight excluding hydrogens is 413 g/mol. The molecule has 2 heterocycles. The Morgan fingerprint density at radius 3 is 2.38 bits per heavy atom. The van der Waals surface area contributed by atoms with Gasteiger partial charge in [0.15, 0.2) is 0 Å². The molecule has 2 aliphatic carbocycles. The smallest absolute Gasteiger partial charge is 0.475 e. The van der Waals surface area contributed by atoms with Crippen LogP contribution < -0.4 is 4.72 Å². The zero-order valence-electron chi connectivity index (χ0n) is 16.3. The van der Waals surface area contributed by atoms with Gasteiger partial charge in [0.1, 0.15) is 0 Å². The lowest BCUT2D eigenvalue weighted by atomic mass is 9.90. The highest BCUT2D eigenvalue weighted by Gasteiger charge is 2.44. The molecule has 4 rings (SSSR count). The van der Waals surface area contributed by atoms with Crippen LogP contribution in [0, 0.1) is 5.92 Å². The Kier molecular flexibility index (Phi) is 6.82. The maximum Gasteiger partial charge on any atom is 0.490 e. The second kappa shape index (κ2) is 8.68. The lowest BCUT2D eigenvalue weighted by Crippen LogP contribution is -2.47. The zero-order valence-corrected chi connectivity index (χ0v) is 17.1. The third kappa shape index (κ3) is 6.80. The van der Waals surface area contributed by atoms with Gasteiger partial charge in [-0.05, 0) is 57.3 Å². The number of likely N-dealkylation sites (tertiary alicyclic amines) is 1. The van der Waals surface area contributed by atoms with Crippen molar-refractivity contribution >= 4 is 16.0 Å². The van der Waals surface area contributed by atoms with Crippen LogP contribution in [0.5, 0.6) is 0 Å². The molecule has 4 fully saturated rings. The lowest BCUT2D eigenvalue weighted by molar-refractivity contribution is -0.192. The van der Waals surface area contributed by atoms with Crippen molar-refractivity contribution in [3.63, 3.8) is 0 Å². The molecule has 0 aromatic rings. The number of halogens is 3. The Labute approximate surface area is 169 Å². The minimum absolute atomic E-state index is 0.00281. The average Bonchev–Trinajstić information content (AvgIpc) is 3.53. The molecule has 4 aliphatic rings. The number of carboxylic acid groups (broad SMARTS) is 1. The van der Waals surface area contributed by atoms with Crippen molar-refractivity contribution in [3.8, 4) is 0 Å². The van der Waals surface area contributed by atoms with Gasteiger partial charge in [0.05, 0.1) is 17.0 Å². The van der Waals surface area contributed by atoms with E-state index in [0.29, 0.717) is 6.54 Å². The van der Waals surface area contributed by atoms with Crippen molar-refractivity contribution in [2.45, 2.75) is 74.5 Å². The molecule has 0 amide bonds. The van der Waals surface area contributed by atoms with Crippen LogP contribution in [0.4, 0.5) is 13.2 Å². The van der Waals surface area contributed by atoms with Crippen molar-refractivity contribution in [1.82, 2.24) is 9.62 Å². The van der Waals surface area contributed by atoms with Gasteiger partial charge in [-0.15, -0.1) is 0 Å². The summed E-state index contributed by atoms with van der Waals surface area (Å²) in [6.45, 7) is 3.90. The van der Waals surface area contributed by atoms with Crippen LogP contribution in [0.25, 0.3) is 0 Å². The van der Waals surface area contributed by atoms with E-state index < -0.39 is 22.2 Å². The van der Waals surface area contributed by atoms with Gasteiger partial charge in [-0.2, -0.15) is 13.2 Å². The highest BCUT2D eigenvalue weighted by atomic mass is 32.2. The third-order valence-corrected chi connectivity index (χ3v) is 7.82. The third-order valence-electron chi connectivity index (χ3n) is 5.90. The first-order valence-corrected chi connectivity index (χ1v) is 11.7. The molecule has 2 aliphatic heterocycles. The number of rotatable bonds is 6. The maximum atomic E-state index is 12.0. The number of carboxylic acids is 1. The van der Waals surface area contributed by atoms with Crippen molar-refractivity contribution < 1.29 is 36.2 Å². The molecule has 2 N–H and O–H groups in total. The number of hydrogen-bond acceptors (Lipinski definition) is 5. The van der Waals surface area contributed by atoms with E-state index in [2.05, 4.69) is 9.62 Å². The fourth-order valence-corrected chi connectivity index (χ4v) is 5.43. The topological polar surface area (TPSA) is 95.9 Å². The zero-order chi connectivity index (χ0) is 21.3. The van der Waals surface area contributed by atoms with Crippen LogP contribution in [0.3, 0.4) is 0 Å². The summed E-state index contributed by atoms with van der Waals surface area (Å²) in [4.78, 5) is 11.5. The van der Waals surface area contributed by atoms with Crippen LogP contribution in [-0.4, -0.2) is 73.7 Å². The summed E-state index contributed by atoms with van der Waals surface area (Å²) in [5.74, 6) is -1.83. The average molecular weight is 443 g/mol. The van der Waals surface area contributed by atoms with E-state index in [0.717, 1.165) is 57.5 Å². The van der Waals surface area contributed by atoms with Gasteiger partial charge in [-0.3, -0.25) is 0 Å². The molecule has 0 bridgehead atoms. The molecule has 0 aromatic heterocycles. The number of nitrogens with zero attached hydrogens (tertiary/aromatic N) is 1. The molecule has 1 spiro atoms. The van der Waals surface area contributed by atoms with Gasteiger partial charge in [-0.1, -0.05) is 0 Å². The highest BCUT2D eigenvalue weighted by molar-refractivity contribution is 7.90. The molecule has 2 atom stereocenters. The van der Waals surface area contributed by atoms with Crippen LogP contribution in [0.2, 0.25) is 0 Å². The van der Waals surface area contributed by atoms with Crippen molar-refractivity contribution in [1.29, 1.82) is 0 Å². The quantitative estimate of drug-likeness (QED) is 0.654. The number of sulfonamides is 1. The predicted octanol–water partition coefficient (Wildman–Crippen LogP) is 2.13. The molecule has 168 valence electrons. The van der Waals surface area contributed by atoms with Gasteiger partial charge >= 0.3 is 12.1 Å². The fraction of sp³-hybridized carbons (Fsp3) is 0.944. The number of nitrogens with one attached hydrogen (secondary N) is 1. The summed E-state index contributed by atoms with van der Waals surface area (Å²) >= 11 is 0. The van der Waals surface area contributed by atoms with Crippen LogP contribution in [0.15, 0.2) is 0 Å². The molecular formula is C18H29F3N2O5S. The lowest BCUT2D eigenvalue weighted by Gasteiger charge is -2.39. The van der Waals surface area contributed by atoms with Crippen molar-refractivity contribution in [2.75, 3.05) is 26.2 Å². The Bertz CT molecular complexity index is 694. The first-order valence-electron chi connectivity index (χ1n) is 10.2. The summed E-state index contributed by atoms with van der Waals surface area (Å²) in [6, 6.07) is 0. The summed E-state index contributed by atoms with van der Waals surface area (Å²) in [7, 11) is -3.08. The Balaban J connectivity index is 0.000000298. The van der Waals surface area contributed by atoms with Gasteiger partial charge in [0.25, 0.3) is 0 Å². The molecule has 2 saturated carbocycles. The van der Waals surface area contributed by atoms with Gasteiger partial charge in [0, 0.05) is 26.2 Å². The predicted molar refractivity (Wildman–Crippen MR) is 98.9 cm³/mol. The van der Waals surface area contributed by atoms with Gasteiger partial charge in [-0.25, -0.2) is 17.9 Å². The standard InChI is InChI=1S/C16H28N2O3S.C2HF3O2/c19-22(20,15-5-6-15)17-10-14-2-1-7-16(21-14)8-9-18(12-16)11-13-3-4-13;3-2(4,5)1(6)7/h13-15,17H,1-12H2;(H,6,7)/t14-,16-;/m1./s1. The first-order chi connectivity index (χ1) is 13.5. The molecule has 0 radical (unpaired) electrons. The second-order valence-electron chi connectivity index (χ2n) is 8.64. The molecule has 29 heavy (non-hydrogen) atoms. The van der Waals surface area contributed by atoms with E-state index in [9.17, 15) is 21.6 Å². The van der Waals surface area contributed by atoms with Gasteiger partial charge < -0.3 is 14.7 Å². The molecule has 11 heteroatoms. The SMILES string of the molecule is O=C(O)C(F)(F)F.O=S(=O)(NC[C@H]1CCC[C@]2(CCN(CC3CC3)C2)O1)C1CC1. The second-order valence-corrected chi connectivity index (χ2v) is 10.7. The van der Waals surface area contributed by atoms with Crippen LogP contribution in [0.1, 0.15) is 51.4 Å². The Morgan fingerprint density at radius 1 is 1.17 bits per heavy atom. The number of ether oxygens (including phenoxy) is 1. The minimum Gasteiger partial charge on any atom is -0.475 e. The van der Waals surface area contributed by atoms with E-state index in [4.69, 9.17) is 14.6 Å². The molecule has 2 saturated heterocycles. The minimum atomic E-state index is -5.08. The molecule has 7 nitrogen and oxygen atoms in total. The monoisotopic (exact) mass is 442 g/mol. The summed E-state index contributed by atoms with van der Waals surface area (Å²) < 4.78 is 64.8. The van der Waals surface area contributed by atoms with E-state index >= 15 is 0 Å². The highest BCUT2D eigenvalue weighted by Crippen LogP contribution is 2.39. The maximum absolute atomic E-state index is 12.0. The van der Waals surface area contributed by atoms with E-state index in [-0.39, 0.29) is 17.0 Å². The largest absolute Gasteiger partial charge is 0.490 e. The Hall–Kier alpha value is -0.910. The van der Waals surface area contributed by atoms with E-state index in [1.54, 1.807) is 0 Å². The summed E-state index contributed by atoms with van der Waals surface area (Å²) in [6.07, 6.45) is 3.81. The molecule has 0 aromatic carbocycles. The number of carbonyl (C=O) groups is 1. The van der Waals surface area contributed by atoms with Crippen LogP contribution >= 0.6 is 0 Å². The van der Waals surface area contributed by atoms with Crippen LogP contribution in [-0.2, 0) is 19.6 Å². The van der Waals surface area contributed by atoms with E-state index in [1.807, 2.05) is 0 Å². The van der Waals surface area contributed by atoms with Crippen molar-refractivity contribution in [2.24, 2.45) is 5.92 Å². The summed E-state index contributed by atoms with van der Waals surface area (Å²) in [5, 5.41) is 6.99. The molecule has 0 unspecified atom stereocenters. The summed E-state index contributed by atoms with van der Waals surface area (Å²) in [5.41, 5.74) is 0.00281. The normalized spacial score (nSPS) is 30.8. The van der Waals surface area contributed by atoms with Gasteiger partial charge in [0.2, 0.25) is 10.0 Å². The number of aliphatic carboxylic acids is 1. The number of hydrogen-bond donors (Lipinski definition) is 2. The first kappa shape index (κ1) is 22.8. The number of alkyl halides is 3. The van der Waals surface area contributed by atoms with E-state index in [1.165, 1.54) is 19.4 Å². The Morgan fingerprint density at radius 2 is 1.83 bits per heavy atom. The fourth-order valence-electron chi connectivity index (χ4n) is 4.02. The van der Waals surface area contributed by atoms with Crippen molar-refractivity contribution in [3.05, 3.63) is 0 Å².